The highest BCUT2D eigenvalue weighted by atomic mass is 79.9. The second kappa shape index (κ2) is 37.6. The summed E-state index contributed by atoms with van der Waals surface area (Å²) in [6, 6.07) is 60.3. The normalized spacial score (nSPS) is 14.7. The number of ether oxygens (including phenoxy) is 4. The summed E-state index contributed by atoms with van der Waals surface area (Å²) in [5, 5.41) is 2.81. The monoisotopic (exact) mass is 1820 g/mol. The first-order valence-electron chi connectivity index (χ1n) is 42.5. The standard InChI is InChI=1S/C22H26BNO4.2C21H17N5O2.C16H14BrNO2.C13H9N5O.C6H5N3/c1-21(2)22(3,4)28-23(27-21)17-8-11-19-16(12-17)14-24(20(19)25)13-15-6-9-18(26-5)10-7-15;1-28-17-5-2-14(3-6-17)10-25-11-15-8-16(4-7-18(15)21(25)27)26-13-24-20-19(26)9-22-12-23-20;1-28-17-5-2-14(3-6-17)10-25-11-15-8-16(4-7-18(15)21(25)27)26-13-24-19-9-22-12-23-20(19)26;1-20-14-5-2-11(3-6-14)9-18-10-12-8-13(17)4-7-15(12)16(18)19;19-13-10-2-1-9(3-8(10)4-15-13)18-7-17-11-5-14-6-16-12(11)18;1-2-8-6-3-7-4-9-5(1)6/h6-12H,13-14H2,1-5H3;2*2-9,12-13H,10-11H2,1H3;2-8H,9-10H2,1H3;1-3,5-7H,4H2,(H,15,19);2-4H,1H2. The fourth-order valence-corrected chi connectivity index (χ4v) is 16.7. The van der Waals surface area contributed by atoms with E-state index in [1.54, 1.807) is 78.5 Å². The molecule has 0 radical (unpaired) electrons. The highest BCUT2D eigenvalue weighted by molar-refractivity contribution is 9.10. The van der Waals surface area contributed by atoms with Crippen molar-refractivity contribution in [3.05, 3.63) is 345 Å². The number of amides is 5. The van der Waals surface area contributed by atoms with Gasteiger partial charge in [0.2, 0.25) is 0 Å². The molecule has 0 bridgehead atoms. The molecule has 33 heteroatoms. The van der Waals surface area contributed by atoms with E-state index in [9.17, 15) is 24.0 Å². The Morgan fingerprint density at radius 3 is 1.25 bits per heavy atom. The van der Waals surface area contributed by atoms with E-state index in [2.05, 4.69) is 81.1 Å². The number of rotatable bonds is 16. The van der Waals surface area contributed by atoms with E-state index in [0.29, 0.717) is 64.5 Å². The Hall–Kier alpha value is -15.6. The fourth-order valence-electron chi connectivity index (χ4n) is 16.3. The summed E-state index contributed by atoms with van der Waals surface area (Å²) in [6.45, 7) is 13.5. The lowest BCUT2D eigenvalue weighted by atomic mass is 9.78. The van der Waals surface area contributed by atoms with Crippen molar-refractivity contribution in [3.8, 4) is 40.1 Å². The summed E-state index contributed by atoms with van der Waals surface area (Å²) >= 11 is 3.44. The summed E-state index contributed by atoms with van der Waals surface area (Å²) in [5.74, 6) is 3.50. The van der Waals surface area contributed by atoms with Crippen molar-refractivity contribution in [1.82, 2.24) is 93.4 Å². The lowest BCUT2D eigenvalue weighted by molar-refractivity contribution is 0.00578. The van der Waals surface area contributed by atoms with Crippen LogP contribution in [0.2, 0.25) is 0 Å². The van der Waals surface area contributed by atoms with Gasteiger partial charge in [-0.15, -0.1) is 0 Å². The molecule has 1 N–H and O–H groups in total. The molecule has 660 valence electrons. The maximum absolute atomic E-state index is 12.8. The predicted octanol–water partition coefficient (Wildman–Crippen LogP) is 14.5. The van der Waals surface area contributed by atoms with Crippen LogP contribution in [-0.4, -0.2) is 171 Å². The molecule has 5 amide bonds. The lowest BCUT2D eigenvalue weighted by Crippen LogP contribution is -2.41. The number of carbonyl (C=O) groups is 5. The van der Waals surface area contributed by atoms with Crippen LogP contribution in [0.3, 0.4) is 0 Å². The van der Waals surface area contributed by atoms with Crippen molar-refractivity contribution in [3.63, 3.8) is 0 Å². The van der Waals surface area contributed by atoms with Crippen LogP contribution in [0.5, 0.6) is 23.0 Å². The molecule has 14 heterocycles. The molecule has 23 rings (SSSR count). The summed E-state index contributed by atoms with van der Waals surface area (Å²) < 4.78 is 39.8. The van der Waals surface area contributed by atoms with E-state index in [0.717, 1.165) is 174 Å². The molecule has 7 aliphatic heterocycles. The number of nitrogens with zero attached hydrogens (tertiary/aromatic N) is 19. The van der Waals surface area contributed by atoms with Crippen LogP contribution in [0.15, 0.2) is 267 Å². The number of methoxy groups -OCH3 is 4. The topological polar surface area (TPSA) is 335 Å². The highest BCUT2D eigenvalue weighted by Crippen LogP contribution is 2.39. The zero-order valence-corrected chi connectivity index (χ0v) is 74.9. The Morgan fingerprint density at radius 1 is 0.402 bits per heavy atom. The molecule has 1 fully saturated rings. The highest BCUT2D eigenvalue weighted by Gasteiger charge is 2.52. The third-order valence-corrected chi connectivity index (χ3v) is 24.6. The third-order valence-electron chi connectivity index (χ3n) is 24.1. The number of aliphatic imine (C=N–C) groups is 1. The minimum absolute atomic E-state index is 0.0145. The molecular formula is C99H88BBrN20O11. The largest absolute Gasteiger partial charge is 0.497 e. The number of carbonyl (C=O) groups excluding carboxylic acids is 5. The first-order valence-corrected chi connectivity index (χ1v) is 43.3. The van der Waals surface area contributed by atoms with Crippen molar-refractivity contribution in [1.29, 1.82) is 0 Å². The minimum Gasteiger partial charge on any atom is -0.497 e. The molecule has 7 aliphatic rings. The van der Waals surface area contributed by atoms with E-state index >= 15 is 0 Å². The third kappa shape index (κ3) is 18.4. The van der Waals surface area contributed by atoms with Gasteiger partial charge in [-0.3, -0.25) is 42.7 Å². The zero-order valence-electron chi connectivity index (χ0n) is 73.3. The van der Waals surface area contributed by atoms with Crippen LogP contribution in [0.25, 0.3) is 50.6 Å². The molecule has 0 atom stereocenters. The van der Waals surface area contributed by atoms with Gasteiger partial charge in [0.05, 0.1) is 70.1 Å². The Bertz CT molecular complexity index is 6890. The molecule has 0 aliphatic carbocycles. The fraction of sp³-hybridized carbons (Fsp3) is 0.202. The van der Waals surface area contributed by atoms with E-state index in [1.165, 1.54) is 19.0 Å². The van der Waals surface area contributed by atoms with Crippen LogP contribution < -0.4 is 29.7 Å². The Morgan fingerprint density at radius 2 is 0.788 bits per heavy atom. The summed E-state index contributed by atoms with van der Waals surface area (Å²) in [7, 11) is 6.16. The number of fused-ring (bicyclic) bond motifs is 9. The predicted molar refractivity (Wildman–Crippen MR) is 498 cm³/mol. The molecule has 31 nitrogen and oxygen atoms in total. The Kier molecular flexibility index (Phi) is 24.8. The van der Waals surface area contributed by atoms with Crippen molar-refractivity contribution < 1.29 is 52.2 Å². The number of halogens is 1. The van der Waals surface area contributed by atoms with Crippen molar-refractivity contribution >= 4 is 103 Å². The molecule has 0 spiro atoms. The summed E-state index contributed by atoms with van der Waals surface area (Å²) in [6.07, 6.45) is 20.8. The zero-order chi connectivity index (χ0) is 91.3. The van der Waals surface area contributed by atoms with Crippen LogP contribution in [0, 0.1) is 0 Å². The molecule has 0 unspecified atom stereocenters. The molecule has 9 aromatic carbocycles. The van der Waals surface area contributed by atoms with Crippen LogP contribution in [0.4, 0.5) is 5.69 Å². The maximum Gasteiger partial charge on any atom is 0.494 e. The number of aromatic nitrogens is 14. The van der Waals surface area contributed by atoms with Gasteiger partial charge < -0.3 is 53.2 Å². The second-order valence-electron chi connectivity index (χ2n) is 33.0. The smallest absolute Gasteiger partial charge is 0.494 e. The summed E-state index contributed by atoms with van der Waals surface area (Å²) in [5.41, 5.74) is 22.6. The van der Waals surface area contributed by atoms with E-state index in [-0.39, 0.29) is 40.7 Å². The van der Waals surface area contributed by atoms with Crippen LogP contribution >= 0.6 is 15.9 Å². The van der Waals surface area contributed by atoms with Crippen molar-refractivity contribution in [2.75, 3.05) is 28.4 Å². The molecule has 1 saturated heterocycles. The van der Waals surface area contributed by atoms with Gasteiger partial charge in [0.25, 0.3) is 29.5 Å². The molecule has 16 aromatic rings. The van der Waals surface area contributed by atoms with Gasteiger partial charge in [-0.1, -0.05) is 76.6 Å². The number of hydrogen-bond acceptors (Lipinski definition) is 23. The quantitative estimate of drug-likeness (QED) is 0.0878. The first kappa shape index (κ1) is 87.1. The van der Waals surface area contributed by atoms with Gasteiger partial charge in [0.15, 0.2) is 16.9 Å². The average molecular weight is 1820 g/mol. The molecular weight excluding hydrogens is 1740 g/mol. The lowest BCUT2D eigenvalue weighted by Gasteiger charge is -2.32. The average Bonchev–Trinajstić information content (AvgIpc) is 1.64. The van der Waals surface area contributed by atoms with E-state index < -0.39 is 7.12 Å². The number of nitrogens with one attached hydrogen (secondary N) is 1. The van der Waals surface area contributed by atoms with Crippen LogP contribution in [-0.2, 0) is 74.6 Å². The van der Waals surface area contributed by atoms with Gasteiger partial charge in [0.1, 0.15) is 89.5 Å². The maximum atomic E-state index is 12.8. The molecule has 0 saturated carbocycles. The number of hydrogen-bond donors (Lipinski definition) is 1. The first-order chi connectivity index (χ1) is 64.1. The summed E-state index contributed by atoms with van der Waals surface area (Å²) in [4.78, 5) is 119. The van der Waals surface area contributed by atoms with Gasteiger partial charge in [-0.2, -0.15) is 0 Å². The van der Waals surface area contributed by atoms with Gasteiger partial charge in [-0.05, 0) is 211 Å². The van der Waals surface area contributed by atoms with Gasteiger partial charge in [-0.25, -0.2) is 54.8 Å². The second-order valence-corrected chi connectivity index (χ2v) is 33.9. The van der Waals surface area contributed by atoms with Gasteiger partial charge in [0, 0.05) is 121 Å². The van der Waals surface area contributed by atoms with Crippen LogP contribution in [0.1, 0.15) is 135 Å². The SMILES string of the molecule is C1=Nc2cncnc2C1.COc1ccc(CN2Cc3cc(-n4cnc5cncnc54)ccc3C2=O)cc1.COc1ccc(CN2Cc3cc(-n4cnc5ncncc54)ccc3C2=O)cc1.COc1ccc(CN2Cc3cc(B4OC(C)(C)C(C)(C)O4)ccc3C2=O)cc1.COc1ccc(CN2Cc3cc(Br)ccc3C2=O)cc1.O=C1NCc2cc(-n3cnc4cncnc43)ccc21. The minimum atomic E-state index is -0.416. The number of imidazole rings is 3. The van der Waals surface area contributed by atoms with E-state index in [1.807, 2.05) is 255 Å². The van der Waals surface area contributed by atoms with Gasteiger partial charge >= 0.3 is 7.12 Å². The van der Waals surface area contributed by atoms with Crippen molar-refractivity contribution in [2.24, 2.45) is 4.99 Å². The Balaban J connectivity index is 0.000000109. The molecule has 7 aromatic heterocycles. The molecule has 132 heavy (non-hydrogen) atoms. The van der Waals surface area contributed by atoms with Crippen molar-refractivity contribution in [2.45, 2.75) is 104 Å². The van der Waals surface area contributed by atoms with E-state index in [4.69, 9.17) is 28.3 Å². The Labute approximate surface area is 767 Å². The number of benzene rings is 9.